The van der Waals surface area contributed by atoms with E-state index < -0.39 is 0 Å². The Morgan fingerprint density at radius 1 is 1.17 bits per heavy atom. The van der Waals surface area contributed by atoms with Crippen LogP contribution in [0.1, 0.15) is 23.5 Å². The first kappa shape index (κ1) is 16.1. The van der Waals surface area contributed by atoms with Crippen LogP contribution in [-0.2, 0) is 6.42 Å². The van der Waals surface area contributed by atoms with Crippen molar-refractivity contribution in [1.29, 1.82) is 0 Å². The molecule has 2 atom stereocenters. The maximum atomic E-state index is 12.3. The van der Waals surface area contributed by atoms with E-state index in [1.54, 1.807) is 4.90 Å². The summed E-state index contributed by atoms with van der Waals surface area (Å²) in [7, 11) is 1.86. The van der Waals surface area contributed by atoms with Crippen LogP contribution in [0.3, 0.4) is 0 Å². The van der Waals surface area contributed by atoms with Crippen LogP contribution >= 0.6 is 15.9 Å². The Kier molecular flexibility index (Phi) is 5.01. The maximum absolute atomic E-state index is 12.3. The lowest BCUT2D eigenvalue weighted by Gasteiger charge is -2.18. The number of amides is 2. The molecule has 2 aromatic carbocycles. The van der Waals surface area contributed by atoms with Crippen LogP contribution in [-0.4, -0.2) is 30.6 Å². The molecule has 0 saturated heterocycles. The lowest BCUT2D eigenvalue weighted by molar-refractivity contribution is 0.208. The van der Waals surface area contributed by atoms with E-state index in [0.29, 0.717) is 5.92 Å². The lowest BCUT2D eigenvalue weighted by Crippen LogP contribution is -2.39. The van der Waals surface area contributed by atoms with Gasteiger partial charge in [0.2, 0.25) is 0 Å². The molecular weight excluding hydrogens is 352 g/mol. The van der Waals surface area contributed by atoms with E-state index in [1.165, 1.54) is 11.1 Å². The molecule has 1 aliphatic carbocycles. The summed E-state index contributed by atoms with van der Waals surface area (Å²) in [6.45, 7) is 0.724. The van der Waals surface area contributed by atoms with Gasteiger partial charge in [0.05, 0.1) is 0 Å². The van der Waals surface area contributed by atoms with Crippen molar-refractivity contribution in [2.45, 2.75) is 24.8 Å². The van der Waals surface area contributed by atoms with Crippen molar-refractivity contribution >= 4 is 22.0 Å². The highest BCUT2D eigenvalue weighted by Gasteiger charge is 2.40. The van der Waals surface area contributed by atoms with E-state index in [9.17, 15) is 4.79 Å². The molecule has 1 aliphatic rings. The van der Waals surface area contributed by atoms with Gasteiger partial charge in [-0.15, -0.1) is 0 Å². The zero-order valence-corrected chi connectivity index (χ0v) is 14.8. The summed E-state index contributed by atoms with van der Waals surface area (Å²) >= 11 is 3.59. The number of nitrogens with zero attached hydrogens (tertiary/aromatic N) is 1. The van der Waals surface area contributed by atoms with Gasteiger partial charge >= 0.3 is 6.03 Å². The quantitative estimate of drug-likeness (QED) is 0.838. The van der Waals surface area contributed by atoms with E-state index in [-0.39, 0.29) is 12.1 Å². The van der Waals surface area contributed by atoms with Crippen LogP contribution in [0.4, 0.5) is 4.79 Å². The van der Waals surface area contributed by atoms with E-state index in [0.717, 1.165) is 23.9 Å². The molecule has 0 radical (unpaired) electrons. The summed E-state index contributed by atoms with van der Waals surface area (Å²) in [5.74, 6) is 0.428. The number of benzene rings is 2. The number of carbonyl (C=O) groups excluding carboxylic acids is 1. The van der Waals surface area contributed by atoms with Crippen molar-refractivity contribution in [3.63, 3.8) is 0 Å². The largest absolute Gasteiger partial charge is 0.335 e. The SMILES string of the molecule is CN(CCc1ccccc1)C(=O)NC1CC1c1ccccc1Br. The van der Waals surface area contributed by atoms with Crippen molar-refractivity contribution < 1.29 is 4.79 Å². The van der Waals surface area contributed by atoms with E-state index in [4.69, 9.17) is 0 Å². The van der Waals surface area contributed by atoms with Gasteiger partial charge in [-0.25, -0.2) is 4.79 Å². The fraction of sp³-hybridized carbons (Fsp3) is 0.316. The highest BCUT2D eigenvalue weighted by atomic mass is 79.9. The van der Waals surface area contributed by atoms with Gasteiger partial charge in [0, 0.05) is 30.0 Å². The minimum Gasteiger partial charge on any atom is -0.335 e. The molecule has 3 rings (SSSR count). The zero-order chi connectivity index (χ0) is 16.2. The number of nitrogens with one attached hydrogen (secondary N) is 1. The minimum atomic E-state index is 0.0143. The number of halogens is 1. The highest BCUT2D eigenvalue weighted by molar-refractivity contribution is 9.10. The molecule has 0 aromatic heterocycles. The lowest BCUT2D eigenvalue weighted by atomic mass is 10.1. The molecule has 23 heavy (non-hydrogen) atoms. The van der Waals surface area contributed by atoms with E-state index in [1.807, 2.05) is 37.4 Å². The van der Waals surface area contributed by atoms with Crippen LogP contribution in [0.25, 0.3) is 0 Å². The Labute approximate surface area is 145 Å². The monoisotopic (exact) mass is 372 g/mol. The molecule has 120 valence electrons. The third kappa shape index (κ3) is 4.14. The average Bonchev–Trinajstić information content (AvgIpc) is 3.32. The summed E-state index contributed by atoms with van der Waals surface area (Å²) in [6, 6.07) is 18.8. The third-order valence-corrected chi connectivity index (χ3v) is 5.05. The molecule has 1 fully saturated rings. The maximum Gasteiger partial charge on any atom is 0.317 e. The summed E-state index contributed by atoms with van der Waals surface area (Å²) in [6.07, 6.45) is 1.89. The summed E-state index contributed by atoms with van der Waals surface area (Å²) < 4.78 is 1.12. The van der Waals surface area contributed by atoms with Gasteiger partial charge in [-0.3, -0.25) is 0 Å². The summed E-state index contributed by atoms with van der Waals surface area (Å²) in [5.41, 5.74) is 2.54. The highest BCUT2D eigenvalue weighted by Crippen LogP contribution is 2.43. The number of hydrogen-bond acceptors (Lipinski definition) is 1. The molecule has 0 spiro atoms. The van der Waals surface area contributed by atoms with Crippen molar-refractivity contribution in [2.75, 3.05) is 13.6 Å². The molecule has 1 N–H and O–H groups in total. The van der Waals surface area contributed by atoms with Gasteiger partial charge < -0.3 is 10.2 Å². The third-order valence-electron chi connectivity index (χ3n) is 4.33. The van der Waals surface area contributed by atoms with Gasteiger partial charge in [0.15, 0.2) is 0 Å². The first-order chi connectivity index (χ1) is 11.1. The number of urea groups is 1. The molecule has 2 aromatic rings. The van der Waals surface area contributed by atoms with Gasteiger partial charge in [-0.2, -0.15) is 0 Å². The number of hydrogen-bond donors (Lipinski definition) is 1. The smallest absolute Gasteiger partial charge is 0.317 e. The molecule has 3 nitrogen and oxygen atoms in total. The Bertz CT molecular complexity index is 674. The van der Waals surface area contributed by atoms with Crippen molar-refractivity contribution in [3.05, 3.63) is 70.2 Å². The molecule has 0 heterocycles. The van der Waals surface area contributed by atoms with Gasteiger partial charge in [-0.05, 0) is 30.0 Å². The number of rotatable bonds is 5. The molecule has 0 bridgehead atoms. The molecule has 2 unspecified atom stereocenters. The number of carbonyl (C=O) groups is 1. The summed E-state index contributed by atoms with van der Waals surface area (Å²) in [5, 5.41) is 3.13. The normalized spacial score (nSPS) is 19.2. The van der Waals surface area contributed by atoms with Crippen LogP contribution < -0.4 is 5.32 Å². The summed E-state index contributed by atoms with van der Waals surface area (Å²) in [4.78, 5) is 14.0. The van der Waals surface area contributed by atoms with Crippen LogP contribution in [0, 0.1) is 0 Å². The molecule has 0 aliphatic heterocycles. The van der Waals surface area contributed by atoms with Crippen LogP contribution in [0.5, 0.6) is 0 Å². The first-order valence-corrected chi connectivity index (χ1v) is 8.74. The Morgan fingerprint density at radius 2 is 1.87 bits per heavy atom. The fourth-order valence-corrected chi connectivity index (χ4v) is 3.36. The van der Waals surface area contributed by atoms with E-state index >= 15 is 0 Å². The molecule has 2 amide bonds. The Hall–Kier alpha value is -1.81. The van der Waals surface area contributed by atoms with Gasteiger partial charge in [0.25, 0.3) is 0 Å². The second-order valence-electron chi connectivity index (χ2n) is 6.08. The van der Waals surface area contributed by atoms with Gasteiger partial charge in [0.1, 0.15) is 0 Å². The Balaban J connectivity index is 1.47. The predicted octanol–water partition coefficient (Wildman–Crippen LogP) is 4.19. The van der Waals surface area contributed by atoms with Crippen molar-refractivity contribution in [3.8, 4) is 0 Å². The predicted molar refractivity (Wildman–Crippen MR) is 96.6 cm³/mol. The number of likely N-dealkylation sites (N-methyl/N-ethyl adjacent to an activating group) is 1. The molecule has 1 saturated carbocycles. The standard InChI is InChI=1S/C19H21BrN2O/c1-22(12-11-14-7-3-2-4-8-14)19(23)21-18-13-16(18)15-9-5-6-10-17(15)20/h2-10,16,18H,11-13H2,1H3,(H,21,23). The first-order valence-electron chi connectivity index (χ1n) is 7.95. The van der Waals surface area contributed by atoms with Crippen LogP contribution in [0.15, 0.2) is 59.1 Å². The molecule has 4 heteroatoms. The molecular formula is C19H21BrN2O. The minimum absolute atomic E-state index is 0.0143. The second-order valence-corrected chi connectivity index (χ2v) is 6.93. The average molecular weight is 373 g/mol. The topological polar surface area (TPSA) is 32.3 Å². The fourth-order valence-electron chi connectivity index (χ4n) is 2.79. The second kappa shape index (κ2) is 7.18. The zero-order valence-electron chi connectivity index (χ0n) is 13.2. The van der Waals surface area contributed by atoms with Crippen LogP contribution in [0.2, 0.25) is 0 Å². The van der Waals surface area contributed by atoms with Crippen molar-refractivity contribution in [1.82, 2.24) is 10.2 Å². The van der Waals surface area contributed by atoms with Crippen molar-refractivity contribution in [2.24, 2.45) is 0 Å². The van der Waals surface area contributed by atoms with E-state index in [2.05, 4.69) is 45.5 Å². The Morgan fingerprint density at radius 3 is 2.61 bits per heavy atom. The van der Waals surface area contributed by atoms with Gasteiger partial charge in [-0.1, -0.05) is 64.5 Å².